The molecular weight excluding hydrogens is 180 g/mol. The number of allylic oxidation sites excluding steroid dienone is 5. The Bertz CT molecular complexity index is 264. The first-order valence-electron chi connectivity index (χ1n) is 6.09. The Morgan fingerprint density at radius 2 is 2.27 bits per heavy atom. The molecule has 0 radical (unpaired) electrons. The van der Waals surface area contributed by atoms with E-state index in [2.05, 4.69) is 45.6 Å². The second kappa shape index (κ2) is 5.95. The Morgan fingerprint density at radius 3 is 2.80 bits per heavy atom. The Labute approximate surface area is 94.8 Å². The molecule has 0 aromatic heterocycles. The SMILES string of the molecule is C=CC1CCC(CCC=C(C)C)=CC1C. The fraction of sp³-hybridized carbons (Fsp3) is 0.600. The summed E-state index contributed by atoms with van der Waals surface area (Å²) in [5.74, 6) is 1.40. The molecule has 2 unspecified atom stereocenters. The van der Waals surface area contributed by atoms with Gasteiger partial charge in [-0.15, -0.1) is 6.58 Å². The maximum absolute atomic E-state index is 3.91. The summed E-state index contributed by atoms with van der Waals surface area (Å²) in [4.78, 5) is 0. The van der Waals surface area contributed by atoms with Gasteiger partial charge in [-0.3, -0.25) is 0 Å². The first kappa shape index (κ1) is 12.3. The summed E-state index contributed by atoms with van der Waals surface area (Å²) in [6.45, 7) is 10.6. The van der Waals surface area contributed by atoms with E-state index in [1.54, 1.807) is 5.57 Å². The molecule has 1 aliphatic carbocycles. The average Bonchev–Trinajstić information content (AvgIpc) is 2.17. The van der Waals surface area contributed by atoms with Crippen LogP contribution >= 0.6 is 0 Å². The molecule has 0 saturated heterocycles. The van der Waals surface area contributed by atoms with Crippen LogP contribution in [0.1, 0.15) is 46.5 Å². The highest BCUT2D eigenvalue weighted by Crippen LogP contribution is 2.31. The number of rotatable bonds is 4. The molecular formula is C15H24. The van der Waals surface area contributed by atoms with Gasteiger partial charge in [0, 0.05) is 0 Å². The molecule has 15 heavy (non-hydrogen) atoms. The molecule has 2 atom stereocenters. The molecule has 0 heteroatoms. The molecule has 0 aromatic carbocycles. The molecule has 0 amide bonds. The lowest BCUT2D eigenvalue weighted by Gasteiger charge is -2.25. The number of hydrogen-bond acceptors (Lipinski definition) is 0. The van der Waals surface area contributed by atoms with Crippen LogP contribution in [-0.2, 0) is 0 Å². The molecule has 1 aliphatic rings. The van der Waals surface area contributed by atoms with Gasteiger partial charge in [0.05, 0.1) is 0 Å². The molecule has 84 valence electrons. The Morgan fingerprint density at radius 1 is 1.53 bits per heavy atom. The lowest BCUT2D eigenvalue weighted by Crippen LogP contribution is -2.12. The van der Waals surface area contributed by atoms with Crippen molar-refractivity contribution in [1.82, 2.24) is 0 Å². The fourth-order valence-electron chi connectivity index (χ4n) is 2.28. The van der Waals surface area contributed by atoms with Crippen LogP contribution in [0.3, 0.4) is 0 Å². The average molecular weight is 204 g/mol. The van der Waals surface area contributed by atoms with Crippen LogP contribution in [0.5, 0.6) is 0 Å². The summed E-state index contributed by atoms with van der Waals surface area (Å²) in [6.07, 6.45) is 12.0. The van der Waals surface area contributed by atoms with E-state index in [0.717, 1.165) is 0 Å². The first-order chi connectivity index (χ1) is 7.13. The van der Waals surface area contributed by atoms with E-state index < -0.39 is 0 Å². The van der Waals surface area contributed by atoms with Crippen molar-refractivity contribution >= 4 is 0 Å². The quantitative estimate of drug-likeness (QED) is 0.572. The Kier molecular flexibility index (Phi) is 4.87. The molecule has 1 rings (SSSR count). The Hall–Kier alpha value is -0.780. The molecule has 0 N–H and O–H groups in total. The van der Waals surface area contributed by atoms with Crippen LogP contribution in [-0.4, -0.2) is 0 Å². The zero-order valence-electron chi connectivity index (χ0n) is 10.4. The molecule has 0 heterocycles. The van der Waals surface area contributed by atoms with Gasteiger partial charge in [0.15, 0.2) is 0 Å². The van der Waals surface area contributed by atoms with Crippen molar-refractivity contribution in [2.24, 2.45) is 11.8 Å². The van der Waals surface area contributed by atoms with Crippen molar-refractivity contribution in [1.29, 1.82) is 0 Å². The zero-order valence-corrected chi connectivity index (χ0v) is 10.4. The monoisotopic (exact) mass is 204 g/mol. The van der Waals surface area contributed by atoms with Crippen LogP contribution < -0.4 is 0 Å². The number of hydrogen-bond donors (Lipinski definition) is 0. The van der Waals surface area contributed by atoms with E-state index >= 15 is 0 Å². The van der Waals surface area contributed by atoms with E-state index in [1.165, 1.54) is 31.3 Å². The minimum absolute atomic E-state index is 0.693. The molecule has 0 nitrogen and oxygen atoms in total. The van der Waals surface area contributed by atoms with E-state index in [4.69, 9.17) is 0 Å². The molecule has 0 aliphatic heterocycles. The second-order valence-corrected chi connectivity index (χ2v) is 4.94. The normalized spacial score (nSPS) is 25.7. The van der Waals surface area contributed by atoms with Gasteiger partial charge >= 0.3 is 0 Å². The second-order valence-electron chi connectivity index (χ2n) is 4.94. The van der Waals surface area contributed by atoms with Crippen LogP contribution in [0.2, 0.25) is 0 Å². The van der Waals surface area contributed by atoms with E-state index in [1.807, 2.05) is 0 Å². The topological polar surface area (TPSA) is 0 Å². The minimum Gasteiger partial charge on any atom is -0.103 e. The third-order valence-corrected chi connectivity index (χ3v) is 3.29. The molecule has 0 spiro atoms. The van der Waals surface area contributed by atoms with Gasteiger partial charge in [-0.2, -0.15) is 0 Å². The van der Waals surface area contributed by atoms with Gasteiger partial charge in [0.2, 0.25) is 0 Å². The smallest absolute Gasteiger partial charge is 0.0173 e. The summed E-state index contributed by atoms with van der Waals surface area (Å²) < 4.78 is 0. The maximum atomic E-state index is 3.91. The highest BCUT2D eigenvalue weighted by molar-refractivity contribution is 5.12. The third kappa shape index (κ3) is 4.07. The highest BCUT2D eigenvalue weighted by Gasteiger charge is 2.17. The predicted octanol–water partition coefficient (Wildman–Crippen LogP) is 4.89. The van der Waals surface area contributed by atoms with Crippen LogP contribution in [0.4, 0.5) is 0 Å². The van der Waals surface area contributed by atoms with Gasteiger partial charge in [-0.05, 0) is 51.4 Å². The van der Waals surface area contributed by atoms with Crippen molar-refractivity contribution in [2.45, 2.75) is 46.5 Å². The van der Waals surface area contributed by atoms with E-state index in [0.29, 0.717) is 11.8 Å². The van der Waals surface area contributed by atoms with Crippen molar-refractivity contribution in [3.05, 3.63) is 36.0 Å². The summed E-state index contributed by atoms with van der Waals surface area (Å²) in [5.41, 5.74) is 3.08. The summed E-state index contributed by atoms with van der Waals surface area (Å²) in [5, 5.41) is 0. The summed E-state index contributed by atoms with van der Waals surface area (Å²) in [6, 6.07) is 0. The standard InChI is InChI=1S/C15H24/c1-5-15-10-9-14(11-13(15)4)8-6-7-12(2)3/h5,7,11,13,15H,1,6,8-10H2,2-4H3. The van der Waals surface area contributed by atoms with Gasteiger partial charge < -0.3 is 0 Å². The molecule has 0 fully saturated rings. The minimum atomic E-state index is 0.693. The summed E-state index contributed by atoms with van der Waals surface area (Å²) in [7, 11) is 0. The third-order valence-electron chi connectivity index (χ3n) is 3.29. The molecule has 0 saturated carbocycles. The highest BCUT2D eigenvalue weighted by atomic mass is 14.2. The van der Waals surface area contributed by atoms with Crippen LogP contribution in [0.25, 0.3) is 0 Å². The lowest BCUT2D eigenvalue weighted by atomic mass is 9.81. The molecule has 0 aromatic rings. The van der Waals surface area contributed by atoms with Crippen molar-refractivity contribution in [2.75, 3.05) is 0 Å². The molecule has 0 bridgehead atoms. The van der Waals surface area contributed by atoms with E-state index in [9.17, 15) is 0 Å². The first-order valence-corrected chi connectivity index (χ1v) is 6.09. The lowest BCUT2D eigenvalue weighted by molar-refractivity contribution is 0.444. The zero-order chi connectivity index (χ0) is 11.3. The van der Waals surface area contributed by atoms with Gasteiger partial charge in [0.25, 0.3) is 0 Å². The Balaban J connectivity index is 2.44. The van der Waals surface area contributed by atoms with Gasteiger partial charge in [-0.1, -0.05) is 36.3 Å². The van der Waals surface area contributed by atoms with Crippen molar-refractivity contribution < 1.29 is 0 Å². The van der Waals surface area contributed by atoms with Crippen LogP contribution in [0, 0.1) is 11.8 Å². The fourth-order valence-corrected chi connectivity index (χ4v) is 2.28. The van der Waals surface area contributed by atoms with Crippen LogP contribution in [0.15, 0.2) is 36.0 Å². The van der Waals surface area contributed by atoms with Crippen molar-refractivity contribution in [3.8, 4) is 0 Å². The van der Waals surface area contributed by atoms with Crippen molar-refractivity contribution in [3.63, 3.8) is 0 Å². The largest absolute Gasteiger partial charge is 0.103 e. The predicted molar refractivity (Wildman–Crippen MR) is 68.8 cm³/mol. The summed E-state index contributed by atoms with van der Waals surface area (Å²) >= 11 is 0. The maximum Gasteiger partial charge on any atom is -0.0173 e. The van der Waals surface area contributed by atoms with E-state index in [-0.39, 0.29) is 0 Å². The van der Waals surface area contributed by atoms with Gasteiger partial charge in [0.1, 0.15) is 0 Å². The van der Waals surface area contributed by atoms with Gasteiger partial charge in [-0.25, -0.2) is 0 Å².